The van der Waals surface area contributed by atoms with Gasteiger partial charge in [0.25, 0.3) is 5.91 Å². The second-order valence-electron chi connectivity index (χ2n) is 6.30. The second kappa shape index (κ2) is 6.41. The van der Waals surface area contributed by atoms with E-state index in [1.54, 1.807) is 32.0 Å². The van der Waals surface area contributed by atoms with Crippen molar-refractivity contribution in [3.8, 4) is 23.6 Å². The van der Waals surface area contributed by atoms with E-state index in [-0.39, 0.29) is 19.0 Å². The molecule has 0 saturated heterocycles. The molecule has 0 spiro atoms. The number of nitrogens with zero attached hydrogens (tertiary/aromatic N) is 3. The number of nitrogens with two attached hydrogens (primary N) is 1. The monoisotopic (exact) mass is 370 g/mol. The van der Waals surface area contributed by atoms with E-state index in [0.29, 0.717) is 17.1 Å². The Kier molecular flexibility index (Phi) is 4.51. The van der Waals surface area contributed by atoms with E-state index in [4.69, 9.17) is 24.7 Å². The molecule has 0 aromatic heterocycles. The van der Waals surface area contributed by atoms with E-state index < -0.39 is 22.7 Å². The van der Waals surface area contributed by atoms with Gasteiger partial charge in [0, 0.05) is 24.7 Å². The Hall–Kier alpha value is -2.81. The first-order valence-corrected chi connectivity index (χ1v) is 8.67. The summed E-state index contributed by atoms with van der Waals surface area (Å²) in [7, 11) is 3.03. The van der Waals surface area contributed by atoms with Crippen molar-refractivity contribution in [2.75, 3.05) is 27.4 Å². The molecule has 1 heterocycles. The number of para-hydroxylation sites is 1. The summed E-state index contributed by atoms with van der Waals surface area (Å²) in [4.78, 5) is 4.32. The molecule has 8 heteroatoms. The number of ether oxygens (including phenoxy) is 4. The van der Waals surface area contributed by atoms with Crippen molar-refractivity contribution < 1.29 is 18.9 Å². The Morgan fingerprint density at radius 1 is 1.11 bits per heavy atom. The van der Waals surface area contributed by atoms with Crippen molar-refractivity contribution in [2.24, 2.45) is 21.6 Å². The predicted molar refractivity (Wildman–Crippen MR) is 96.0 cm³/mol. The van der Waals surface area contributed by atoms with Crippen molar-refractivity contribution in [1.29, 1.82) is 10.5 Å². The van der Waals surface area contributed by atoms with Gasteiger partial charge in [0.2, 0.25) is 0 Å². The predicted octanol–water partition coefficient (Wildman–Crippen LogP) is 1.92. The van der Waals surface area contributed by atoms with Crippen LogP contribution >= 0.6 is 0 Å². The zero-order valence-electron chi connectivity index (χ0n) is 15.8. The minimum absolute atomic E-state index is 0.0309. The lowest BCUT2D eigenvalue weighted by Crippen LogP contribution is -2.43. The molecule has 27 heavy (non-hydrogen) atoms. The van der Waals surface area contributed by atoms with Crippen LogP contribution in [0.2, 0.25) is 0 Å². The molecule has 2 N–H and O–H groups in total. The fourth-order valence-corrected chi connectivity index (χ4v) is 4.36. The summed E-state index contributed by atoms with van der Waals surface area (Å²) in [6, 6.07) is 9.81. The Balaban J connectivity index is 2.28. The van der Waals surface area contributed by atoms with Crippen LogP contribution in [0, 0.1) is 33.5 Å². The van der Waals surface area contributed by atoms with Crippen molar-refractivity contribution in [2.45, 2.75) is 25.7 Å². The van der Waals surface area contributed by atoms with Crippen molar-refractivity contribution in [1.82, 2.24) is 0 Å². The highest BCUT2D eigenvalue weighted by molar-refractivity contribution is 6.00. The highest BCUT2D eigenvalue weighted by Gasteiger charge is 2.94. The molecule has 1 aromatic carbocycles. The van der Waals surface area contributed by atoms with E-state index in [2.05, 4.69) is 17.1 Å². The van der Waals surface area contributed by atoms with Crippen LogP contribution in [-0.2, 0) is 9.47 Å². The lowest BCUT2D eigenvalue weighted by atomic mass is 9.93. The molecule has 1 saturated carbocycles. The van der Waals surface area contributed by atoms with Gasteiger partial charge in [0.1, 0.15) is 11.3 Å². The fourth-order valence-electron chi connectivity index (χ4n) is 4.36. The molecule has 3 rings (SSSR count). The summed E-state index contributed by atoms with van der Waals surface area (Å²) >= 11 is 0. The van der Waals surface area contributed by atoms with Gasteiger partial charge in [-0.1, -0.05) is 12.1 Å². The third-order valence-corrected chi connectivity index (χ3v) is 5.35. The van der Waals surface area contributed by atoms with Crippen LogP contribution in [-0.4, -0.2) is 39.2 Å². The van der Waals surface area contributed by atoms with Crippen LogP contribution in [0.15, 0.2) is 23.2 Å². The van der Waals surface area contributed by atoms with Gasteiger partial charge >= 0.3 is 0 Å². The maximum atomic E-state index is 10.2. The Morgan fingerprint density at radius 3 is 2.26 bits per heavy atom. The molecule has 2 aliphatic rings. The van der Waals surface area contributed by atoms with Gasteiger partial charge in [-0.25, -0.2) is 4.99 Å². The zero-order valence-corrected chi connectivity index (χ0v) is 15.8. The number of fused-ring (bicyclic) bond motifs is 1. The summed E-state index contributed by atoms with van der Waals surface area (Å²) in [6.45, 7) is 4.02. The third-order valence-electron chi connectivity index (χ3n) is 5.35. The van der Waals surface area contributed by atoms with Gasteiger partial charge in [-0.15, -0.1) is 0 Å². The molecule has 1 aromatic rings. The van der Waals surface area contributed by atoms with Gasteiger partial charge in [0.15, 0.2) is 16.9 Å². The molecule has 1 aliphatic heterocycles. The lowest BCUT2D eigenvalue weighted by molar-refractivity contribution is -0.255. The molecule has 0 amide bonds. The highest BCUT2D eigenvalue weighted by Crippen LogP contribution is 2.82. The standard InChI is InChI=1S/C19H22N4O4/c1-5-26-19(27-6-2)18(11-21)15(17(18,10-20)16(22)23-19)12-8-7-9-13(24-3)14(12)25-4/h7-9,15H,5-6H2,1-4H3,(H2,22,23)/t15-,17-,18+/m0/s1. The number of aliphatic imine (C=N–C) groups is 1. The van der Waals surface area contributed by atoms with Gasteiger partial charge in [0.05, 0.1) is 26.4 Å². The normalized spacial score (nSPS) is 29.9. The van der Waals surface area contributed by atoms with Gasteiger partial charge in [-0.05, 0) is 19.9 Å². The average Bonchev–Trinajstić information content (AvgIpc) is 3.26. The summed E-state index contributed by atoms with van der Waals surface area (Å²) in [5.41, 5.74) is 4.03. The average molecular weight is 370 g/mol. The molecule has 8 nitrogen and oxygen atoms in total. The maximum Gasteiger partial charge on any atom is 0.293 e. The quantitative estimate of drug-likeness (QED) is 0.727. The van der Waals surface area contributed by atoms with E-state index in [1.165, 1.54) is 14.2 Å². The molecule has 0 bridgehead atoms. The minimum atomic E-state index is -1.65. The van der Waals surface area contributed by atoms with Gasteiger partial charge < -0.3 is 24.7 Å². The topological polar surface area (TPSA) is 123 Å². The van der Waals surface area contributed by atoms with E-state index in [0.717, 1.165) is 0 Å². The lowest BCUT2D eigenvalue weighted by Gasteiger charge is -2.32. The Morgan fingerprint density at radius 2 is 1.78 bits per heavy atom. The largest absolute Gasteiger partial charge is 0.493 e. The zero-order chi connectivity index (χ0) is 19.9. The van der Waals surface area contributed by atoms with E-state index in [9.17, 15) is 10.5 Å². The number of amidine groups is 1. The number of hydrogen-bond donors (Lipinski definition) is 1. The maximum absolute atomic E-state index is 10.2. The van der Waals surface area contributed by atoms with Gasteiger partial charge in [-0.3, -0.25) is 0 Å². The van der Waals surface area contributed by atoms with Crippen LogP contribution in [0.5, 0.6) is 11.5 Å². The van der Waals surface area contributed by atoms with Crippen LogP contribution in [0.4, 0.5) is 0 Å². The highest BCUT2D eigenvalue weighted by atomic mass is 16.7. The summed E-state index contributed by atoms with van der Waals surface area (Å²) < 4.78 is 22.5. The molecular formula is C19H22N4O4. The molecule has 3 atom stereocenters. The molecule has 0 radical (unpaired) electrons. The summed E-state index contributed by atoms with van der Waals surface area (Å²) in [5, 5.41) is 20.3. The molecule has 1 aliphatic carbocycles. The summed E-state index contributed by atoms with van der Waals surface area (Å²) in [6.07, 6.45) is 0. The van der Waals surface area contributed by atoms with Crippen LogP contribution in [0.3, 0.4) is 0 Å². The van der Waals surface area contributed by atoms with Crippen molar-refractivity contribution in [3.63, 3.8) is 0 Å². The SMILES string of the molecule is CCOC1(OCC)N=C(N)[C@]2(C#N)[C@H](c3cccc(OC)c3OC)[C@@]12C#N. The summed E-state index contributed by atoms with van der Waals surface area (Å²) in [5.74, 6) is -1.32. The first-order chi connectivity index (χ1) is 13.0. The number of methoxy groups -OCH3 is 2. The Bertz CT molecular complexity index is 865. The Labute approximate surface area is 158 Å². The van der Waals surface area contributed by atoms with Crippen molar-refractivity contribution >= 4 is 5.84 Å². The fraction of sp³-hybridized carbons (Fsp3) is 0.526. The molecular weight excluding hydrogens is 348 g/mol. The van der Waals surface area contributed by atoms with Crippen LogP contribution in [0.25, 0.3) is 0 Å². The van der Waals surface area contributed by atoms with Crippen LogP contribution < -0.4 is 15.2 Å². The van der Waals surface area contributed by atoms with E-state index >= 15 is 0 Å². The number of benzene rings is 1. The number of hydrogen-bond acceptors (Lipinski definition) is 8. The van der Waals surface area contributed by atoms with Crippen LogP contribution in [0.1, 0.15) is 25.3 Å². The second-order valence-corrected chi connectivity index (χ2v) is 6.30. The van der Waals surface area contributed by atoms with E-state index in [1.807, 2.05) is 0 Å². The molecule has 1 fully saturated rings. The molecule has 0 unspecified atom stereocenters. The minimum Gasteiger partial charge on any atom is -0.493 e. The number of nitriles is 2. The first-order valence-electron chi connectivity index (χ1n) is 8.67. The van der Waals surface area contributed by atoms with Gasteiger partial charge in [-0.2, -0.15) is 10.5 Å². The third kappa shape index (κ3) is 2.00. The van der Waals surface area contributed by atoms with Crippen molar-refractivity contribution in [3.05, 3.63) is 23.8 Å². The smallest absolute Gasteiger partial charge is 0.293 e. The number of rotatable bonds is 7. The molecule has 142 valence electrons. The first kappa shape index (κ1) is 19.0.